The van der Waals surface area contributed by atoms with Gasteiger partial charge in [-0.1, -0.05) is 30.3 Å². The number of piperidine rings is 1. The number of likely N-dealkylation sites (tertiary alicyclic amines) is 1. The van der Waals surface area contributed by atoms with Gasteiger partial charge in [0.15, 0.2) is 0 Å². The highest BCUT2D eigenvalue weighted by molar-refractivity contribution is 5.84. The Balaban J connectivity index is 1.51. The molecule has 132 valence electrons. The van der Waals surface area contributed by atoms with Crippen LogP contribution in [0.2, 0.25) is 0 Å². The molecule has 2 heterocycles. The van der Waals surface area contributed by atoms with Gasteiger partial charge in [0.2, 0.25) is 5.91 Å². The fourth-order valence-electron chi connectivity index (χ4n) is 3.58. The van der Waals surface area contributed by atoms with Gasteiger partial charge >= 0.3 is 0 Å². The molecule has 0 saturated carbocycles. The molecular formula is C19H28N2O3. The lowest BCUT2D eigenvalue weighted by Crippen LogP contribution is -2.45. The number of carbonyl (C=O) groups excluding carboxylic acids is 1. The zero-order valence-corrected chi connectivity index (χ0v) is 14.2. The molecule has 1 aromatic carbocycles. The molecule has 5 heteroatoms. The van der Waals surface area contributed by atoms with Gasteiger partial charge in [-0.3, -0.25) is 4.79 Å². The average molecular weight is 332 g/mol. The molecule has 2 fully saturated rings. The minimum atomic E-state index is -0.237. The second-order valence-electron chi connectivity index (χ2n) is 6.67. The summed E-state index contributed by atoms with van der Waals surface area (Å²) >= 11 is 0. The first-order valence-corrected chi connectivity index (χ1v) is 9.05. The smallest absolute Gasteiger partial charge is 0.231 e. The molecule has 0 aliphatic carbocycles. The van der Waals surface area contributed by atoms with Crippen LogP contribution in [0, 0.1) is 0 Å². The average Bonchev–Trinajstić information content (AvgIpc) is 2.65. The Morgan fingerprint density at radius 3 is 2.38 bits per heavy atom. The summed E-state index contributed by atoms with van der Waals surface area (Å²) in [6.07, 6.45) is 4.40. The zero-order valence-electron chi connectivity index (χ0n) is 14.2. The fraction of sp³-hybridized carbons (Fsp3) is 0.632. The van der Waals surface area contributed by atoms with Crippen LogP contribution in [0.4, 0.5) is 0 Å². The van der Waals surface area contributed by atoms with Crippen LogP contribution in [0.25, 0.3) is 0 Å². The molecule has 0 unspecified atom stereocenters. The molecule has 5 nitrogen and oxygen atoms in total. The Morgan fingerprint density at radius 2 is 1.75 bits per heavy atom. The predicted octanol–water partition coefficient (Wildman–Crippen LogP) is 1.92. The van der Waals surface area contributed by atoms with Crippen molar-refractivity contribution >= 4 is 5.91 Å². The Morgan fingerprint density at radius 1 is 1.12 bits per heavy atom. The van der Waals surface area contributed by atoms with Crippen LogP contribution in [0.5, 0.6) is 0 Å². The van der Waals surface area contributed by atoms with Gasteiger partial charge in [-0.15, -0.1) is 0 Å². The lowest BCUT2D eigenvalue weighted by atomic mass is 9.96. The summed E-state index contributed by atoms with van der Waals surface area (Å²) in [6, 6.07) is 9.84. The zero-order chi connectivity index (χ0) is 16.8. The summed E-state index contributed by atoms with van der Waals surface area (Å²) in [7, 11) is 0. The van der Waals surface area contributed by atoms with Crippen molar-refractivity contribution in [3.05, 3.63) is 35.9 Å². The van der Waals surface area contributed by atoms with E-state index in [0.717, 1.165) is 57.6 Å². The van der Waals surface area contributed by atoms with E-state index in [1.807, 2.05) is 35.2 Å². The highest BCUT2D eigenvalue weighted by Gasteiger charge is 2.30. The molecule has 2 N–H and O–H groups in total. The van der Waals surface area contributed by atoms with Gasteiger partial charge in [0.25, 0.3) is 0 Å². The largest absolute Gasteiger partial charge is 0.381 e. The van der Waals surface area contributed by atoms with Crippen LogP contribution in [0.1, 0.15) is 37.2 Å². The van der Waals surface area contributed by atoms with Gasteiger partial charge in [0.1, 0.15) is 0 Å². The summed E-state index contributed by atoms with van der Waals surface area (Å²) < 4.78 is 11.6. The molecule has 0 spiro atoms. The molecule has 0 aromatic heterocycles. The first-order valence-electron chi connectivity index (χ1n) is 9.05. The third-order valence-corrected chi connectivity index (χ3v) is 5.04. The number of nitrogens with two attached hydrogens (primary N) is 1. The third-order valence-electron chi connectivity index (χ3n) is 5.04. The lowest BCUT2D eigenvalue weighted by molar-refractivity contribution is -0.137. The molecule has 1 aromatic rings. The Bertz CT molecular complexity index is 509. The maximum atomic E-state index is 12.8. The molecule has 2 aliphatic heterocycles. The van der Waals surface area contributed by atoms with Crippen LogP contribution < -0.4 is 5.73 Å². The minimum Gasteiger partial charge on any atom is -0.381 e. The summed E-state index contributed by atoms with van der Waals surface area (Å²) in [5.74, 6) is -0.0904. The van der Waals surface area contributed by atoms with Crippen molar-refractivity contribution < 1.29 is 14.3 Å². The summed E-state index contributed by atoms with van der Waals surface area (Å²) in [5, 5.41) is 0. The Hall–Kier alpha value is -1.43. The van der Waals surface area contributed by atoms with E-state index in [0.29, 0.717) is 12.6 Å². The van der Waals surface area contributed by atoms with Crippen LogP contribution in [-0.4, -0.2) is 55.9 Å². The lowest BCUT2D eigenvalue weighted by Gasteiger charge is -2.36. The van der Waals surface area contributed by atoms with Gasteiger partial charge in [-0.05, 0) is 31.2 Å². The second-order valence-corrected chi connectivity index (χ2v) is 6.67. The van der Waals surface area contributed by atoms with E-state index in [2.05, 4.69) is 0 Å². The molecule has 0 bridgehead atoms. The first kappa shape index (κ1) is 17.4. The molecule has 2 saturated heterocycles. The van der Waals surface area contributed by atoms with E-state index in [-0.39, 0.29) is 17.9 Å². The topological polar surface area (TPSA) is 64.8 Å². The highest BCUT2D eigenvalue weighted by Crippen LogP contribution is 2.23. The normalized spacial score (nSPS) is 21.6. The molecule has 24 heavy (non-hydrogen) atoms. The van der Waals surface area contributed by atoms with Gasteiger partial charge in [-0.25, -0.2) is 0 Å². The number of ether oxygens (including phenoxy) is 2. The summed E-state index contributed by atoms with van der Waals surface area (Å²) in [4.78, 5) is 14.8. The minimum absolute atomic E-state index is 0.146. The van der Waals surface area contributed by atoms with E-state index in [9.17, 15) is 4.79 Å². The number of benzene rings is 1. The maximum absolute atomic E-state index is 12.8. The van der Waals surface area contributed by atoms with Crippen molar-refractivity contribution in [2.75, 3.05) is 32.8 Å². The van der Waals surface area contributed by atoms with Crippen LogP contribution in [0.3, 0.4) is 0 Å². The fourth-order valence-corrected chi connectivity index (χ4v) is 3.58. The van der Waals surface area contributed by atoms with Crippen molar-refractivity contribution in [2.45, 2.75) is 43.8 Å². The van der Waals surface area contributed by atoms with E-state index >= 15 is 0 Å². The first-order chi connectivity index (χ1) is 11.8. The number of amides is 1. The molecule has 2 aliphatic rings. The number of rotatable bonds is 5. The van der Waals surface area contributed by atoms with Gasteiger partial charge < -0.3 is 20.1 Å². The molecule has 3 rings (SSSR count). The predicted molar refractivity (Wildman–Crippen MR) is 92.8 cm³/mol. The number of hydrogen-bond acceptors (Lipinski definition) is 4. The number of carbonyl (C=O) groups is 1. The number of hydrogen-bond donors (Lipinski definition) is 1. The maximum Gasteiger partial charge on any atom is 0.231 e. The van der Waals surface area contributed by atoms with Crippen molar-refractivity contribution in [3.63, 3.8) is 0 Å². The quantitative estimate of drug-likeness (QED) is 0.895. The SMILES string of the molecule is NC[C@@H](C(=O)N1CCC(OC2CCOCC2)CC1)c1ccccc1. The van der Waals surface area contributed by atoms with Crippen molar-refractivity contribution in [1.29, 1.82) is 0 Å². The monoisotopic (exact) mass is 332 g/mol. The van der Waals surface area contributed by atoms with E-state index in [1.165, 1.54) is 0 Å². The van der Waals surface area contributed by atoms with E-state index < -0.39 is 0 Å². The van der Waals surface area contributed by atoms with Gasteiger partial charge in [-0.2, -0.15) is 0 Å². The second kappa shape index (κ2) is 8.60. The van der Waals surface area contributed by atoms with E-state index in [4.69, 9.17) is 15.2 Å². The van der Waals surface area contributed by atoms with Crippen LogP contribution >= 0.6 is 0 Å². The van der Waals surface area contributed by atoms with Crippen molar-refractivity contribution in [3.8, 4) is 0 Å². The summed E-state index contributed by atoms with van der Waals surface area (Å²) in [5.41, 5.74) is 6.88. The molecular weight excluding hydrogens is 304 g/mol. The third kappa shape index (κ3) is 4.35. The highest BCUT2D eigenvalue weighted by atomic mass is 16.5. The van der Waals surface area contributed by atoms with Crippen LogP contribution in [0.15, 0.2) is 30.3 Å². The Labute approximate surface area is 144 Å². The van der Waals surface area contributed by atoms with Crippen molar-refractivity contribution in [1.82, 2.24) is 4.90 Å². The van der Waals surface area contributed by atoms with Crippen LogP contribution in [-0.2, 0) is 14.3 Å². The standard InChI is InChI=1S/C19H28N2O3/c20-14-18(15-4-2-1-3-5-15)19(22)21-10-6-16(7-11-21)24-17-8-12-23-13-9-17/h1-5,16-18H,6-14,20H2/t18-/m1/s1. The molecule has 0 radical (unpaired) electrons. The number of nitrogens with zero attached hydrogens (tertiary/aromatic N) is 1. The van der Waals surface area contributed by atoms with E-state index in [1.54, 1.807) is 0 Å². The molecule has 1 atom stereocenters. The van der Waals surface area contributed by atoms with Gasteiger partial charge in [0.05, 0.1) is 18.1 Å². The summed E-state index contributed by atoms with van der Waals surface area (Å²) in [6.45, 7) is 3.47. The van der Waals surface area contributed by atoms with Crippen molar-refractivity contribution in [2.24, 2.45) is 5.73 Å². The molecule has 1 amide bonds. The Kier molecular flexibility index (Phi) is 6.24. The van der Waals surface area contributed by atoms with Gasteiger partial charge in [0, 0.05) is 32.8 Å².